The number of furan rings is 1. The number of carbonyl (C=O) groups excluding carboxylic acids is 1. The van der Waals surface area contributed by atoms with Gasteiger partial charge in [0.15, 0.2) is 11.5 Å². The molecule has 1 aliphatic heterocycles. The Hall–Kier alpha value is -4.12. The lowest BCUT2D eigenvalue weighted by atomic mass is 10.1. The van der Waals surface area contributed by atoms with Crippen LogP contribution in [0.1, 0.15) is 16.6 Å². The van der Waals surface area contributed by atoms with Gasteiger partial charge in [-0.25, -0.2) is 18.2 Å². The summed E-state index contributed by atoms with van der Waals surface area (Å²) in [5.41, 5.74) is 0.802. The molecule has 0 spiro atoms. The summed E-state index contributed by atoms with van der Waals surface area (Å²) in [5.74, 6) is -4.25. The fraction of sp³-hybridized carbons (Fsp3) is 0.174. The van der Waals surface area contributed by atoms with E-state index in [4.69, 9.17) is 9.15 Å². The van der Waals surface area contributed by atoms with Gasteiger partial charge >= 0.3 is 0 Å². The number of nitrogens with one attached hydrogen (secondary N) is 2. The van der Waals surface area contributed by atoms with Gasteiger partial charge in [0.05, 0.1) is 18.6 Å². The van der Waals surface area contributed by atoms with Gasteiger partial charge < -0.3 is 24.0 Å². The van der Waals surface area contributed by atoms with Crippen molar-refractivity contribution in [2.45, 2.75) is 12.0 Å². The van der Waals surface area contributed by atoms with Crippen molar-refractivity contribution in [1.82, 2.24) is 14.5 Å². The Morgan fingerprint density at radius 3 is 2.68 bits per heavy atom. The number of aromatic amines is 1. The molecule has 1 saturated heterocycles. The minimum absolute atomic E-state index is 0.107. The van der Waals surface area contributed by atoms with E-state index in [2.05, 4.69) is 15.3 Å². The highest BCUT2D eigenvalue weighted by Gasteiger charge is 2.47. The van der Waals surface area contributed by atoms with Crippen LogP contribution in [0.5, 0.6) is 0 Å². The Morgan fingerprint density at radius 2 is 1.97 bits per heavy atom. The highest BCUT2D eigenvalue weighted by atomic mass is 19.3. The zero-order chi connectivity index (χ0) is 23.9. The zero-order valence-electron chi connectivity index (χ0n) is 17.4. The number of alkyl halides is 2. The first-order valence-electron chi connectivity index (χ1n) is 10.2. The molecule has 0 aliphatic carbocycles. The van der Waals surface area contributed by atoms with Crippen LogP contribution >= 0.6 is 0 Å². The second-order valence-electron chi connectivity index (χ2n) is 7.71. The second-order valence-corrected chi connectivity index (χ2v) is 7.71. The van der Waals surface area contributed by atoms with Gasteiger partial charge in [0.2, 0.25) is 5.56 Å². The van der Waals surface area contributed by atoms with E-state index < -0.39 is 35.9 Å². The highest BCUT2D eigenvalue weighted by molar-refractivity contribution is 6.02. The first-order valence-corrected chi connectivity index (χ1v) is 10.2. The summed E-state index contributed by atoms with van der Waals surface area (Å²) in [7, 11) is 0. The molecule has 1 unspecified atom stereocenters. The van der Waals surface area contributed by atoms with E-state index in [1.165, 1.54) is 65.6 Å². The standard InChI is InChI=1S/C23H17F3N4O4/c24-14-3-1-13(2-4-14)20-21(30(12-28-20)18-10-33-11-23(18,25)26)16-5-6-17(34-16)22(32)29-15-7-8-27-19(31)9-15/h1-9,12,18H,10-11H2,(H2,27,29,31,32). The molecular weight excluding hydrogens is 453 g/mol. The third kappa shape index (κ3) is 4.01. The molecule has 4 heterocycles. The van der Waals surface area contributed by atoms with E-state index in [0.717, 1.165) is 0 Å². The van der Waals surface area contributed by atoms with E-state index in [9.17, 15) is 22.8 Å². The average Bonchev–Trinajstić information content (AvgIpc) is 3.51. The maximum absolute atomic E-state index is 14.5. The number of rotatable bonds is 5. The Labute approximate surface area is 190 Å². The van der Waals surface area contributed by atoms with Crippen LogP contribution in [0.25, 0.3) is 22.7 Å². The summed E-state index contributed by atoms with van der Waals surface area (Å²) >= 11 is 0. The van der Waals surface area contributed by atoms with Gasteiger partial charge in [-0.1, -0.05) is 0 Å². The van der Waals surface area contributed by atoms with Crippen LogP contribution in [0.2, 0.25) is 0 Å². The fourth-order valence-electron chi connectivity index (χ4n) is 3.77. The number of imidazole rings is 1. The smallest absolute Gasteiger partial charge is 0.293 e. The van der Waals surface area contributed by atoms with Gasteiger partial charge in [0.25, 0.3) is 11.8 Å². The van der Waals surface area contributed by atoms with Crippen molar-refractivity contribution >= 4 is 11.6 Å². The van der Waals surface area contributed by atoms with E-state index in [-0.39, 0.29) is 35.2 Å². The van der Waals surface area contributed by atoms with Gasteiger partial charge in [-0.2, -0.15) is 0 Å². The molecule has 11 heteroatoms. The van der Waals surface area contributed by atoms with E-state index in [1.807, 2.05) is 0 Å². The molecule has 1 atom stereocenters. The number of carbonyl (C=O) groups is 1. The number of nitrogens with zero attached hydrogens (tertiary/aromatic N) is 2. The lowest BCUT2D eigenvalue weighted by molar-refractivity contribution is -0.0320. The molecule has 0 radical (unpaired) electrons. The number of aromatic nitrogens is 3. The van der Waals surface area contributed by atoms with Crippen LogP contribution in [0.3, 0.4) is 0 Å². The zero-order valence-corrected chi connectivity index (χ0v) is 17.4. The minimum Gasteiger partial charge on any atom is -0.449 e. The van der Waals surface area contributed by atoms with Gasteiger partial charge in [0.1, 0.15) is 24.2 Å². The SMILES string of the molecule is O=C(Nc1cc[nH]c(=O)c1)c1ccc(-c2c(-c3ccc(F)cc3)ncn2C2COCC2(F)F)o1. The highest BCUT2D eigenvalue weighted by Crippen LogP contribution is 2.41. The largest absolute Gasteiger partial charge is 0.449 e. The number of H-pyrrole nitrogens is 1. The molecule has 0 bridgehead atoms. The number of amides is 1. The number of hydrogen-bond donors (Lipinski definition) is 2. The summed E-state index contributed by atoms with van der Waals surface area (Å²) in [4.78, 5) is 30.8. The Bertz CT molecular complexity index is 1410. The maximum Gasteiger partial charge on any atom is 0.293 e. The van der Waals surface area contributed by atoms with Crippen LogP contribution in [-0.4, -0.2) is 39.6 Å². The predicted octanol–water partition coefficient (Wildman–Crippen LogP) is 4.10. The van der Waals surface area contributed by atoms with Crippen molar-refractivity contribution < 1.29 is 27.1 Å². The van der Waals surface area contributed by atoms with Crippen molar-refractivity contribution in [1.29, 1.82) is 0 Å². The van der Waals surface area contributed by atoms with E-state index in [0.29, 0.717) is 5.56 Å². The van der Waals surface area contributed by atoms with Crippen LogP contribution in [-0.2, 0) is 4.74 Å². The summed E-state index contributed by atoms with van der Waals surface area (Å²) < 4.78 is 54.5. The number of benzene rings is 1. The van der Waals surface area contributed by atoms with Crippen LogP contribution in [0.4, 0.5) is 18.9 Å². The molecule has 5 rings (SSSR count). The molecule has 174 valence electrons. The quantitative estimate of drug-likeness (QED) is 0.457. The number of pyridine rings is 1. The van der Waals surface area contributed by atoms with Crippen LogP contribution < -0.4 is 10.9 Å². The van der Waals surface area contributed by atoms with Crippen LogP contribution in [0.15, 0.2) is 70.3 Å². The summed E-state index contributed by atoms with van der Waals surface area (Å²) in [6.45, 7) is -0.973. The van der Waals surface area contributed by atoms with Gasteiger partial charge in [-0.3, -0.25) is 9.59 Å². The molecule has 34 heavy (non-hydrogen) atoms. The molecule has 1 fully saturated rings. The first-order chi connectivity index (χ1) is 16.3. The van der Waals surface area contributed by atoms with Gasteiger partial charge in [-0.05, 0) is 42.5 Å². The normalized spacial score (nSPS) is 17.1. The van der Waals surface area contributed by atoms with Crippen molar-refractivity contribution in [3.05, 3.63) is 83.0 Å². The molecule has 4 aromatic rings. The topological polar surface area (TPSA) is 102 Å². The molecule has 1 aromatic carbocycles. The molecule has 8 nitrogen and oxygen atoms in total. The molecule has 1 amide bonds. The Kier molecular flexibility index (Phi) is 5.33. The first kappa shape index (κ1) is 21.7. The minimum atomic E-state index is -3.15. The lowest BCUT2D eigenvalue weighted by Crippen LogP contribution is -2.29. The number of ether oxygens (including phenoxy) is 1. The third-order valence-electron chi connectivity index (χ3n) is 5.40. The molecular formula is C23H17F3N4O4. The summed E-state index contributed by atoms with van der Waals surface area (Å²) in [6, 6.07) is 9.59. The molecule has 3 aromatic heterocycles. The predicted molar refractivity (Wildman–Crippen MR) is 115 cm³/mol. The summed E-state index contributed by atoms with van der Waals surface area (Å²) in [6.07, 6.45) is 2.63. The molecule has 1 aliphatic rings. The summed E-state index contributed by atoms with van der Waals surface area (Å²) in [5, 5.41) is 2.54. The molecule has 2 N–H and O–H groups in total. The van der Waals surface area contributed by atoms with Crippen molar-refractivity contribution in [2.75, 3.05) is 18.5 Å². The lowest BCUT2D eigenvalue weighted by Gasteiger charge is -2.20. The number of hydrogen-bond acceptors (Lipinski definition) is 5. The monoisotopic (exact) mass is 470 g/mol. The maximum atomic E-state index is 14.5. The third-order valence-corrected chi connectivity index (χ3v) is 5.40. The van der Waals surface area contributed by atoms with Crippen molar-refractivity contribution in [3.63, 3.8) is 0 Å². The second kappa shape index (κ2) is 8.34. The number of halogens is 3. The molecule has 0 saturated carbocycles. The van der Waals surface area contributed by atoms with E-state index >= 15 is 0 Å². The van der Waals surface area contributed by atoms with Gasteiger partial charge in [-0.15, -0.1) is 0 Å². The average molecular weight is 470 g/mol. The fourth-order valence-corrected chi connectivity index (χ4v) is 3.77. The van der Waals surface area contributed by atoms with Crippen LogP contribution in [0, 0.1) is 5.82 Å². The Balaban J connectivity index is 1.55. The number of anilines is 1. The van der Waals surface area contributed by atoms with Crippen molar-refractivity contribution in [2.24, 2.45) is 0 Å². The van der Waals surface area contributed by atoms with E-state index in [1.54, 1.807) is 0 Å². The van der Waals surface area contributed by atoms with Crippen molar-refractivity contribution in [3.8, 4) is 22.7 Å². The van der Waals surface area contributed by atoms with Gasteiger partial charge in [0, 0.05) is 23.5 Å². The Morgan fingerprint density at radius 1 is 1.18 bits per heavy atom.